The van der Waals surface area contributed by atoms with E-state index >= 15 is 0 Å². The van der Waals surface area contributed by atoms with Gasteiger partial charge in [-0.25, -0.2) is 0 Å². The predicted octanol–water partition coefficient (Wildman–Crippen LogP) is 3.23. The van der Waals surface area contributed by atoms with E-state index in [4.69, 9.17) is 11.6 Å². The van der Waals surface area contributed by atoms with Crippen molar-refractivity contribution in [3.8, 4) is 0 Å². The van der Waals surface area contributed by atoms with Crippen LogP contribution in [0, 0.1) is 0 Å². The highest BCUT2D eigenvalue weighted by Gasteiger charge is 1.81. The van der Waals surface area contributed by atoms with Crippen LogP contribution >= 0.6 is 11.6 Å². The second-order valence-corrected chi connectivity index (χ2v) is 1.89. The fourth-order valence-electron chi connectivity index (χ4n) is 0.567. The maximum Gasteiger partial charge on any atom is 0.0474 e. The normalized spacial score (nSPS) is 7.70. The van der Waals surface area contributed by atoms with Gasteiger partial charge in [-0.1, -0.05) is 30.3 Å². The smallest absolute Gasteiger partial charge is 0.0474 e. The fourth-order valence-corrected chi connectivity index (χ4v) is 0.745. The van der Waals surface area contributed by atoms with Crippen molar-refractivity contribution in [2.75, 3.05) is 0 Å². The summed E-state index contributed by atoms with van der Waals surface area (Å²) in [4.78, 5) is 0. The number of alkyl halides is 1. The highest BCUT2D eigenvalue weighted by atomic mass is 35.5. The molecule has 0 N–H and O–H groups in total. The lowest BCUT2D eigenvalue weighted by Crippen LogP contribution is -1.71. The van der Waals surface area contributed by atoms with E-state index in [1.54, 1.807) is 0 Å². The van der Waals surface area contributed by atoms with Gasteiger partial charge in [0.15, 0.2) is 0 Å². The second kappa shape index (κ2) is 6.37. The maximum absolute atomic E-state index is 5.53. The molecule has 0 nitrogen and oxygen atoms in total. The molecule has 0 radical (unpaired) electrons. The lowest BCUT2D eigenvalue weighted by Gasteiger charge is -1.88. The Balaban J connectivity index is 0.000000371. The fraction of sp³-hybridized carbons (Fsp3) is 0.111. The van der Waals surface area contributed by atoms with Gasteiger partial charge in [-0.05, 0) is 5.56 Å². The minimum absolute atomic E-state index is 0.612. The Kier molecular flexibility index (Phi) is 5.89. The van der Waals surface area contributed by atoms with Crippen LogP contribution in [-0.4, -0.2) is 0 Å². The van der Waals surface area contributed by atoms with Crippen LogP contribution in [0.15, 0.2) is 43.5 Å². The molecule has 10 heavy (non-hydrogen) atoms. The first-order chi connectivity index (χ1) is 4.93. The molecule has 0 bridgehead atoms. The van der Waals surface area contributed by atoms with Crippen LogP contribution < -0.4 is 0 Å². The first-order valence-corrected chi connectivity index (χ1v) is 3.57. The van der Waals surface area contributed by atoms with Crippen LogP contribution in [0.1, 0.15) is 5.56 Å². The quantitative estimate of drug-likeness (QED) is 0.431. The highest BCUT2D eigenvalue weighted by molar-refractivity contribution is 6.17. The van der Waals surface area contributed by atoms with E-state index in [9.17, 15) is 0 Å². The summed E-state index contributed by atoms with van der Waals surface area (Å²) in [5.41, 5.74) is 1.18. The topological polar surface area (TPSA) is 0 Å². The SMILES string of the molecule is C=C.ClCc1ccccc1. The van der Waals surface area contributed by atoms with Crippen LogP contribution in [-0.2, 0) is 5.88 Å². The summed E-state index contributed by atoms with van der Waals surface area (Å²) in [5.74, 6) is 0.612. The Hall–Kier alpha value is -0.750. The van der Waals surface area contributed by atoms with Crippen molar-refractivity contribution in [3.63, 3.8) is 0 Å². The first kappa shape index (κ1) is 9.25. The summed E-state index contributed by atoms with van der Waals surface area (Å²) >= 11 is 5.53. The van der Waals surface area contributed by atoms with Crippen molar-refractivity contribution in [2.45, 2.75) is 5.88 Å². The van der Waals surface area contributed by atoms with Crippen LogP contribution in [0.2, 0.25) is 0 Å². The molecule has 54 valence electrons. The van der Waals surface area contributed by atoms with E-state index in [0.29, 0.717) is 5.88 Å². The minimum Gasteiger partial charge on any atom is -0.122 e. The van der Waals surface area contributed by atoms with Gasteiger partial charge in [0.05, 0.1) is 0 Å². The van der Waals surface area contributed by atoms with Gasteiger partial charge in [-0.15, -0.1) is 24.8 Å². The van der Waals surface area contributed by atoms with Crippen molar-refractivity contribution in [3.05, 3.63) is 49.1 Å². The molecule has 0 aliphatic rings. The van der Waals surface area contributed by atoms with Crippen molar-refractivity contribution in [1.29, 1.82) is 0 Å². The van der Waals surface area contributed by atoms with E-state index in [-0.39, 0.29) is 0 Å². The number of hydrogen-bond acceptors (Lipinski definition) is 0. The lowest BCUT2D eigenvalue weighted by atomic mass is 10.2. The van der Waals surface area contributed by atoms with Crippen molar-refractivity contribution in [1.82, 2.24) is 0 Å². The van der Waals surface area contributed by atoms with E-state index in [2.05, 4.69) is 13.2 Å². The zero-order chi connectivity index (χ0) is 7.82. The van der Waals surface area contributed by atoms with Crippen molar-refractivity contribution < 1.29 is 0 Å². The van der Waals surface area contributed by atoms with E-state index in [1.165, 1.54) is 5.56 Å². The molecule has 1 aromatic rings. The molecular formula is C9H11Cl. The molecular weight excluding hydrogens is 144 g/mol. The van der Waals surface area contributed by atoms with Gasteiger partial charge in [0.25, 0.3) is 0 Å². The third-order valence-electron chi connectivity index (χ3n) is 0.997. The summed E-state index contributed by atoms with van der Waals surface area (Å²) in [6.07, 6.45) is 0. The van der Waals surface area contributed by atoms with Gasteiger partial charge in [0.2, 0.25) is 0 Å². The van der Waals surface area contributed by atoms with Crippen LogP contribution in [0.5, 0.6) is 0 Å². The molecule has 0 saturated heterocycles. The molecule has 0 amide bonds. The van der Waals surface area contributed by atoms with E-state index in [1.807, 2.05) is 30.3 Å². The monoisotopic (exact) mass is 154 g/mol. The van der Waals surface area contributed by atoms with Crippen LogP contribution in [0.25, 0.3) is 0 Å². The first-order valence-electron chi connectivity index (χ1n) is 3.03. The van der Waals surface area contributed by atoms with Crippen LogP contribution in [0.4, 0.5) is 0 Å². The van der Waals surface area contributed by atoms with Gasteiger partial charge >= 0.3 is 0 Å². The summed E-state index contributed by atoms with van der Waals surface area (Å²) < 4.78 is 0. The average molecular weight is 155 g/mol. The molecule has 0 aliphatic carbocycles. The summed E-state index contributed by atoms with van der Waals surface area (Å²) in [6.45, 7) is 6.00. The molecule has 0 heterocycles. The van der Waals surface area contributed by atoms with Crippen LogP contribution in [0.3, 0.4) is 0 Å². The largest absolute Gasteiger partial charge is 0.122 e. The van der Waals surface area contributed by atoms with Crippen molar-refractivity contribution in [2.24, 2.45) is 0 Å². The van der Waals surface area contributed by atoms with E-state index in [0.717, 1.165) is 0 Å². The Labute approximate surface area is 67.1 Å². The molecule has 0 aromatic heterocycles. The second-order valence-electron chi connectivity index (χ2n) is 1.62. The third-order valence-corrected chi connectivity index (χ3v) is 1.31. The zero-order valence-electron chi connectivity index (χ0n) is 5.89. The number of halogens is 1. The highest BCUT2D eigenvalue weighted by Crippen LogP contribution is 2.00. The molecule has 0 atom stereocenters. The Bertz CT molecular complexity index is 158. The molecule has 0 unspecified atom stereocenters. The molecule has 1 heteroatoms. The molecule has 0 fully saturated rings. The molecule has 1 rings (SSSR count). The van der Waals surface area contributed by atoms with E-state index < -0.39 is 0 Å². The molecule has 0 spiro atoms. The summed E-state index contributed by atoms with van der Waals surface area (Å²) in [5, 5.41) is 0. The average Bonchev–Trinajstić information content (AvgIpc) is 2.10. The van der Waals surface area contributed by atoms with Crippen molar-refractivity contribution >= 4 is 11.6 Å². The molecule has 0 aliphatic heterocycles. The number of hydrogen-bond donors (Lipinski definition) is 0. The zero-order valence-corrected chi connectivity index (χ0v) is 6.64. The number of rotatable bonds is 1. The summed E-state index contributed by atoms with van der Waals surface area (Å²) in [7, 11) is 0. The summed E-state index contributed by atoms with van der Waals surface area (Å²) in [6, 6.07) is 9.96. The number of benzene rings is 1. The lowest BCUT2D eigenvalue weighted by molar-refractivity contribution is 1.41. The molecule has 1 aromatic carbocycles. The van der Waals surface area contributed by atoms with Gasteiger partial charge in [-0.3, -0.25) is 0 Å². The third kappa shape index (κ3) is 3.31. The Morgan fingerprint density at radius 3 is 1.90 bits per heavy atom. The van der Waals surface area contributed by atoms with Gasteiger partial charge in [0, 0.05) is 5.88 Å². The minimum atomic E-state index is 0.612. The van der Waals surface area contributed by atoms with Gasteiger partial charge in [-0.2, -0.15) is 0 Å². The Morgan fingerprint density at radius 1 is 1.10 bits per heavy atom. The van der Waals surface area contributed by atoms with Gasteiger partial charge < -0.3 is 0 Å². The predicted molar refractivity (Wildman–Crippen MR) is 47.3 cm³/mol. The Morgan fingerprint density at radius 2 is 1.60 bits per heavy atom. The maximum atomic E-state index is 5.53. The van der Waals surface area contributed by atoms with Gasteiger partial charge in [0.1, 0.15) is 0 Å². The molecule has 0 saturated carbocycles. The standard InChI is InChI=1S/C7H7Cl.C2H4/c8-6-7-4-2-1-3-5-7;1-2/h1-5H,6H2;1-2H2.